The van der Waals surface area contributed by atoms with Crippen LogP contribution in [-0.2, 0) is 0 Å². The Kier molecular flexibility index (Phi) is 4.55. The number of para-hydroxylation sites is 1. The third kappa shape index (κ3) is 3.71. The fraction of sp³-hybridized carbons (Fsp3) is 0.200. The molecule has 0 aliphatic rings. The largest absolute Gasteiger partial charge is 0.506 e. The number of pyridine rings is 1. The molecule has 20 heavy (non-hydrogen) atoms. The van der Waals surface area contributed by atoms with Gasteiger partial charge in [-0.15, -0.1) is 0 Å². The van der Waals surface area contributed by atoms with Crippen LogP contribution in [0.1, 0.15) is 10.4 Å². The van der Waals surface area contributed by atoms with Crippen LogP contribution in [0.15, 0.2) is 48.8 Å². The van der Waals surface area contributed by atoms with Crippen LogP contribution in [-0.4, -0.2) is 41.1 Å². The van der Waals surface area contributed by atoms with E-state index < -0.39 is 0 Å². The molecule has 0 saturated heterocycles. The smallest absolute Gasteiger partial charge is 0.255 e. The molecular formula is C15H16N2O3. The molecular weight excluding hydrogens is 256 g/mol. The quantitative estimate of drug-likeness (QED) is 0.903. The fourth-order valence-corrected chi connectivity index (χ4v) is 1.68. The van der Waals surface area contributed by atoms with Crippen molar-refractivity contribution in [2.45, 2.75) is 0 Å². The molecule has 0 fully saturated rings. The van der Waals surface area contributed by atoms with Crippen molar-refractivity contribution < 1.29 is 14.6 Å². The predicted molar refractivity (Wildman–Crippen MR) is 74.8 cm³/mol. The molecule has 0 unspecified atom stereocenters. The highest BCUT2D eigenvalue weighted by Gasteiger charge is 2.12. The van der Waals surface area contributed by atoms with Gasteiger partial charge in [0.2, 0.25) is 0 Å². The minimum absolute atomic E-state index is 0.0233. The maximum absolute atomic E-state index is 12.1. The molecule has 0 saturated carbocycles. The maximum atomic E-state index is 12.1. The van der Waals surface area contributed by atoms with E-state index in [4.69, 9.17) is 4.74 Å². The van der Waals surface area contributed by atoms with Crippen molar-refractivity contribution in [3.05, 3.63) is 54.4 Å². The molecule has 0 radical (unpaired) electrons. The molecule has 0 aliphatic carbocycles. The van der Waals surface area contributed by atoms with Crippen molar-refractivity contribution in [3.8, 4) is 11.5 Å². The van der Waals surface area contributed by atoms with Gasteiger partial charge >= 0.3 is 0 Å². The molecule has 0 aliphatic heterocycles. The Labute approximate surface area is 117 Å². The predicted octanol–water partition coefficient (Wildman–Crippen LogP) is 1.94. The molecule has 0 atom stereocenters. The van der Waals surface area contributed by atoms with Crippen molar-refractivity contribution >= 4 is 5.91 Å². The minimum atomic E-state index is -0.204. The average molecular weight is 272 g/mol. The number of hydrogen-bond donors (Lipinski definition) is 1. The fourth-order valence-electron chi connectivity index (χ4n) is 1.68. The van der Waals surface area contributed by atoms with Gasteiger partial charge in [-0.1, -0.05) is 18.2 Å². The van der Waals surface area contributed by atoms with E-state index in [2.05, 4.69) is 4.98 Å². The van der Waals surface area contributed by atoms with Crippen molar-refractivity contribution in [2.75, 3.05) is 20.2 Å². The zero-order valence-corrected chi connectivity index (χ0v) is 11.2. The summed E-state index contributed by atoms with van der Waals surface area (Å²) in [5.41, 5.74) is 0.354. The van der Waals surface area contributed by atoms with Gasteiger partial charge in [0.05, 0.1) is 18.3 Å². The van der Waals surface area contributed by atoms with E-state index in [0.717, 1.165) is 5.75 Å². The lowest BCUT2D eigenvalue weighted by Gasteiger charge is -2.17. The Hall–Kier alpha value is -2.56. The topological polar surface area (TPSA) is 62.7 Å². The van der Waals surface area contributed by atoms with Crippen LogP contribution in [0.3, 0.4) is 0 Å². The number of benzene rings is 1. The van der Waals surface area contributed by atoms with Crippen LogP contribution < -0.4 is 4.74 Å². The number of nitrogens with zero attached hydrogens (tertiary/aromatic N) is 2. The van der Waals surface area contributed by atoms with E-state index in [1.165, 1.54) is 23.4 Å². The number of rotatable bonds is 5. The lowest BCUT2D eigenvalue weighted by molar-refractivity contribution is 0.0773. The minimum Gasteiger partial charge on any atom is -0.506 e. The van der Waals surface area contributed by atoms with Gasteiger partial charge in [-0.05, 0) is 18.2 Å². The Balaban J connectivity index is 1.85. The summed E-state index contributed by atoms with van der Waals surface area (Å²) in [6.45, 7) is 0.849. The molecule has 0 spiro atoms. The van der Waals surface area contributed by atoms with Crippen molar-refractivity contribution in [1.29, 1.82) is 0 Å². The second-order valence-electron chi connectivity index (χ2n) is 4.32. The number of aromatic nitrogens is 1. The zero-order valence-electron chi connectivity index (χ0n) is 11.2. The molecule has 0 bridgehead atoms. The molecule has 5 heteroatoms. The van der Waals surface area contributed by atoms with Gasteiger partial charge in [0.1, 0.15) is 18.1 Å². The number of aromatic hydroxyl groups is 1. The summed E-state index contributed by atoms with van der Waals surface area (Å²) in [5.74, 6) is 0.544. The molecule has 2 rings (SSSR count). The first-order chi connectivity index (χ1) is 9.66. The number of amides is 1. The summed E-state index contributed by atoms with van der Waals surface area (Å²) < 4.78 is 5.53. The van der Waals surface area contributed by atoms with Crippen molar-refractivity contribution in [1.82, 2.24) is 9.88 Å². The molecule has 1 aromatic carbocycles. The maximum Gasteiger partial charge on any atom is 0.255 e. The molecule has 5 nitrogen and oxygen atoms in total. The molecule has 104 valence electrons. The van der Waals surface area contributed by atoms with Gasteiger partial charge in [-0.2, -0.15) is 0 Å². The summed E-state index contributed by atoms with van der Waals surface area (Å²) >= 11 is 0. The summed E-state index contributed by atoms with van der Waals surface area (Å²) in [7, 11) is 1.68. The second kappa shape index (κ2) is 6.56. The third-order valence-corrected chi connectivity index (χ3v) is 2.76. The number of likely N-dealkylation sites (N-methyl/N-ethyl adjacent to an activating group) is 1. The van der Waals surface area contributed by atoms with Gasteiger partial charge in [0, 0.05) is 13.2 Å². The third-order valence-electron chi connectivity index (χ3n) is 2.76. The summed E-state index contributed by atoms with van der Waals surface area (Å²) in [6, 6.07) is 10.8. The first-order valence-electron chi connectivity index (χ1n) is 6.24. The van der Waals surface area contributed by atoms with Gasteiger partial charge in [-0.3, -0.25) is 9.78 Å². The van der Waals surface area contributed by atoms with Gasteiger partial charge in [0.25, 0.3) is 5.91 Å². The van der Waals surface area contributed by atoms with E-state index >= 15 is 0 Å². The van der Waals surface area contributed by atoms with Crippen LogP contribution in [0.2, 0.25) is 0 Å². The highest BCUT2D eigenvalue weighted by atomic mass is 16.5. The second-order valence-corrected chi connectivity index (χ2v) is 4.32. The van der Waals surface area contributed by atoms with E-state index in [1.54, 1.807) is 7.05 Å². The molecule has 1 amide bonds. The first kappa shape index (κ1) is 13.9. The molecule has 2 aromatic rings. The number of carbonyl (C=O) groups is 1. The van der Waals surface area contributed by atoms with Crippen molar-refractivity contribution in [2.24, 2.45) is 0 Å². The normalized spacial score (nSPS) is 10.1. The Morgan fingerprint density at radius 2 is 2.05 bits per heavy atom. The molecule has 1 heterocycles. The van der Waals surface area contributed by atoms with Crippen LogP contribution in [0.4, 0.5) is 0 Å². The van der Waals surface area contributed by atoms with Gasteiger partial charge in [0.15, 0.2) is 0 Å². The van der Waals surface area contributed by atoms with Crippen LogP contribution >= 0.6 is 0 Å². The zero-order chi connectivity index (χ0) is 14.4. The summed E-state index contributed by atoms with van der Waals surface area (Å²) in [5, 5.41) is 9.31. The molecule has 1 aromatic heterocycles. The standard InChI is InChI=1S/C15H16N2O3/c1-17(7-8-20-14-5-3-2-4-6-14)15(19)12-9-13(18)11-16-10-12/h2-6,9-11,18H,7-8H2,1H3. The summed E-state index contributed by atoms with van der Waals surface area (Å²) in [4.78, 5) is 17.4. The van der Waals surface area contributed by atoms with E-state index in [1.807, 2.05) is 30.3 Å². The molecule has 1 N–H and O–H groups in total. The van der Waals surface area contributed by atoms with Crippen LogP contribution in [0.5, 0.6) is 11.5 Å². The Morgan fingerprint density at radius 3 is 2.75 bits per heavy atom. The summed E-state index contributed by atoms with van der Waals surface area (Å²) in [6.07, 6.45) is 2.71. The van der Waals surface area contributed by atoms with Crippen molar-refractivity contribution in [3.63, 3.8) is 0 Å². The van der Waals surface area contributed by atoms with Gasteiger partial charge < -0.3 is 14.7 Å². The average Bonchev–Trinajstić information content (AvgIpc) is 2.47. The SMILES string of the molecule is CN(CCOc1ccccc1)C(=O)c1cncc(O)c1. The van der Waals surface area contributed by atoms with E-state index in [9.17, 15) is 9.90 Å². The van der Waals surface area contributed by atoms with E-state index in [0.29, 0.717) is 18.7 Å². The van der Waals surface area contributed by atoms with E-state index in [-0.39, 0.29) is 11.7 Å². The Morgan fingerprint density at radius 1 is 1.30 bits per heavy atom. The van der Waals surface area contributed by atoms with Crippen LogP contribution in [0, 0.1) is 0 Å². The number of ether oxygens (including phenoxy) is 1. The Bertz CT molecular complexity index is 572. The number of carbonyl (C=O) groups excluding carboxylic acids is 1. The lowest BCUT2D eigenvalue weighted by Crippen LogP contribution is -2.30. The first-order valence-corrected chi connectivity index (χ1v) is 6.24. The monoisotopic (exact) mass is 272 g/mol. The lowest BCUT2D eigenvalue weighted by atomic mass is 10.2. The van der Waals surface area contributed by atoms with Crippen LogP contribution in [0.25, 0.3) is 0 Å². The highest BCUT2D eigenvalue weighted by molar-refractivity contribution is 5.94. The van der Waals surface area contributed by atoms with Gasteiger partial charge in [-0.25, -0.2) is 0 Å². The number of hydrogen-bond acceptors (Lipinski definition) is 4. The highest BCUT2D eigenvalue weighted by Crippen LogP contribution is 2.11.